The Morgan fingerprint density at radius 1 is 1.25 bits per heavy atom. The third-order valence-electron chi connectivity index (χ3n) is 3.18. The lowest BCUT2D eigenvalue weighted by Gasteiger charge is -2.19. The zero-order valence-corrected chi connectivity index (χ0v) is 13.1. The minimum atomic E-state index is -4.48. The molecule has 1 heterocycles. The molecule has 0 fully saturated rings. The van der Waals surface area contributed by atoms with Gasteiger partial charge in [-0.05, 0) is 35.9 Å². The van der Waals surface area contributed by atoms with E-state index in [4.69, 9.17) is 0 Å². The topological polar surface area (TPSA) is 45.2 Å². The zero-order chi connectivity index (χ0) is 17.7. The summed E-state index contributed by atoms with van der Waals surface area (Å²) in [5.74, 6) is -0.527. The molecule has 24 heavy (non-hydrogen) atoms. The number of alkyl halides is 3. The van der Waals surface area contributed by atoms with Crippen molar-refractivity contribution in [2.45, 2.75) is 6.18 Å². The van der Waals surface area contributed by atoms with Crippen LogP contribution in [0.25, 0.3) is 6.08 Å². The predicted molar refractivity (Wildman–Crippen MR) is 87.7 cm³/mol. The summed E-state index contributed by atoms with van der Waals surface area (Å²) in [6.45, 7) is 0. The highest BCUT2D eigenvalue weighted by Gasteiger charge is 2.31. The van der Waals surface area contributed by atoms with Crippen LogP contribution in [0.3, 0.4) is 0 Å². The Balaban J connectivity index is 2.23. The molecule has 2 aromatic rings. The second-order valence-electron chi connectivity index (χ2n) is 5.23. The molecule has 126 valence electrons. The molecule has 0 saturated carbocycles. The quantitative estimate of drug-likeness (QED) is 0.864. The summed E-state index contributed by atoms with van der Waals surface area (Å²) in [6, 6.07) is 6.70. The van der Waals surface area contributed by atoms with E-state index < -0.39 is 17.6 Å². The van der Waals surface area contributed by atoms with Gasteiger partial charge in [-0.1, -0.05) is 6.07 Å². The van der Waals surface area contributed by atoms with Crippen LogP contribution < -0.4 is 10.2 Å². The maximum atomic E-state index is 12.9. The molecule has 2 rings (SSSR count). The Bertz CT molecular complexity index is 740. The standard InChI is InChI=1S/C17H16F3N3O/c1-23(2)15-7-6-13(17(18,19)20)10-14(15)22-16(24)8-5-12-4-3-9-21-11-12/h3-11H,1-2H3,(H,22,24)/b8-5+. The number of hydrogen-bond acceptors (Lipinski definition) is 3. The summed E-state index contributed by atoms with van der Waals surface area (Å²) in [5.41, 5.74) is 0.464. The minimum absolute atomic E-state index is 0.0932. The van der Waals surface area contributed by atoms with E-state index in [0.717, 1.165) is 12.1 Å². The number of benzene rings is 1. The highest BCUT2D eigenvalue weighted by Crippen LogP contribution is 2.34. The van der Waals surface area contributed by atoms with Crippen molar-refractivity contribution in [3.05, 3.63) is 59.9 Å². The Morgan fingerprint density at radius 2 is 2.00 bits per heavy atom. The van der Waals surface area contributed by atoms with Crippen LogP contribution in [-0.2, 0) is 11.0 Å². The van der Waals surface area contributed by atoms with Crippen molar-refractivity contribution < 1.29 is 18.0 Å². The molecule has 0 saturated heterocycles. The van der Waals surface area contributed by atoms with Crippen molar-refractivity contribution in [1.82, 2.24) is 4.98 Å². The molecule has 0 aliphatic rings. The molecule has 1 N–H and O–H groups in total. The highest BCUT2D eigenvalue weighted by molar-refractivity contribution is 6.03. The number of pyridine rings is 1. The largest absolute Gasteiger partial charge is 0.416 e. The first-order valence-corrected chi connectivity index (χ1v) is 7.05. The third-order valence-corrected chi connectivity index (χ3v) is 3.18. The fourth-order valence-electron chi connectivity index (χ4n) is 2.02. The molecule has 0 unspecified atom stereocenters. The predicted octanol–water partition coefficient (Wildman–Crippen LogP) is 3.82. The maximum absolute atomic E-state index is 12.9. The summed E-state index contributed by atoms with van der Waals surface area (Å²) in [4.78, 5) is 17.5. The lowest BCUT2D eigenvalue weighted by molar-refractivity contribution is -0.137. The third kappa shape index (κ3) is 4.58. The van der Waals surface area contributed by atoms with Gasteiger partial charge < -0.3 is 10.2 Å². The van der Waals surface area contributed by atoms with E-state index in [-0.39, 0.29) is 5.69 Å². The summed E-state index contributed by atoms with van der Waals surface area (Å²) >= 11 is 0. The van der Waals surface area contributed by atoms with Gasteiger partial charge in [0.25, 0.3) is 0 Å². The number of nitrogens with one attached hydrogen (secondary N) is 1. The number of anilines is 2. The molecular formula is C17H16F3N3O. The van der Waals surface area contributed by atoms with Gasteiger partial charge in [-0.2, -0.15) is 13.2 Å². The van der Waals surface area contributed by atoms with E-state index in [2.05, 4.69) is 10.3 Å². The van der Waals surface area contributed by atoms with Crippen LogP contribution in [0, 0.1) is 0 Å². The Labute approximate surface area is 137 Å². The first kappa shape index (κ1) is 17.5. The molecule has 1 amide bonds. The monoisotopic (exact) mass is 335 g/mol. The SMILES string of the molecule is CN(C)c1ccc(C(F)(F)F)cc1NC(=O)/C=C/c1cccnc1. The van der Waals surface area contributed by atoms with Crippen LogP contribution in [0.1, 0.15) is 11.1 Å². The second-order valence-corrected chi connectivity index (χ2v) is 5.23. The molecule has 7 heteroatoms. The van der Waals surface area contributed by atoms with Crippen LogP contribution in [-0.4, -0.2) is 25.0 Å². The molecule has 4 nitrogen and oxygen atoms in total. The van der Waals surface area contributed by atoms with Crippen molar-refractivity contribution in [1.29, 1.82) is 0 Å². The molecule has 0 bridgehead atoms. The Kier molecular flexibility index (Phi) is 5.23. The van der Waals surface area contributed by atoms with Crippen LogP contribution in [0.5, 0.6) is 0 Å². The second kappa shape index (κ2) is 7.16. The molecule has 1 aromatic carbocycles. The summed E-state index contributed by atoms with van der Waals surface area (Å²) < 4.78 is 38.6. The smallest absolute Gasteiger partial charge is 0.376 e. The van der Waals surface area contributed by atoms with Gasteiger partial charge >= 0.3 is 6.18 Å². The van der Waals surface area contributed by atoms with Crippen molar-refractivity contribution in [2.75, 3.05) is 24.3 Å². The van der Waals surface area contributed by atoms with Gasteiger partial charge in [0, 0.05) is 32.6 Å². The Hall–Kier alpha value is -2.83. The molecule has 1 aromatic heterocycles. The van der Waals surface area contributed by atoms with Gasteiger partial charge in [-0.3, -0.25) is 9.78 Å². The first-order chi connectivity index (χ1) is 11.3. The fourth-order valence-corrected chi connectivity index (χ4v) is 2.02. The number of rotatable bonds is 4. The number of carbonyl (C=O) groups is 1. The van der Waals surface area contributed by atoms with E-state index in [1.54, 1.807) is 43.5 Å². The van der Waals surface area contributed by atoms with Crippen molar-refractivity contribution in [3.63, 3.8) is 0 Å². The van der Waals surface area contributed by atoms with Crippen molar-refractivity contribution >= 4 is 23.4 Å². The minimum Gasteiger partial charge on any atom is -0.376 e. The number of halogens is 3. The van der Waals surface area contributed by atoms with Gasteiger partial charge in [0.2, 0.25) is 5.91 Å². The summed E-state index contributed by atoms with van der Waals surface area (Å²) in [5, 5.41) is 2.49. The molecular weight excluding hydrogens is 319 g/mol. The molecule has 0 radical (unpaired) electrons. The lowest BCUT2D eigenvalue weighted by atomic mass is 10.1. The maximum Gasteiger partial charge on any atom is 0.416 e. The van der Waals surface area contributed by atoms with E-state index in [9.17, 15) is 18.0 Å². The van der Waals surface area contributed by atoms with Gasteiger partial charge in [0.1, 0.15) is 0 Å². The number of nitrogens with zero attached hydrogens (tertiary/aromatic N) is 2. The normalized spacial score (nSPS) is 11.5. The van der Waals surface area contributed by atoms with Crippen molar-refractivity contribution in [3.8, 4) is 0 Å². The first-order valence-electron chi connectivity index (χ1n) is 7.05. The van der Waals surface area contributed by atoms with Crippen molar-refractivity contribution in [2.24, 2.45) is 0 Å². The summed E-state index contributed by atoms with van der Waals surface area (Å²) in [7, 11) is 3.37. The van der Waals surface area contributed by atoms with Crippen LogP contribution in [0.2, 0.25) is 0 Å². The highest BCUT2D eigenvalue weighted by atomic mass is 19.4. The van der Waals surface area contributed by atoms with Crippen LogP contribution in [0.4, 0.5) is 24.5 Å². The summed E-state index contributed by atoms with van der Waals surface area (Å²) in [6.07, 6.45) is 1.47. The average molecular weight is 335 g/mol. The van der Waals surface area contributed by atoms with Crippen LogP contribution in [0.15, 0.2) is 48.8 Å². The molecule has 0 aliphatic heterocycles. The molecule has 0 spiro atoms. The van der Waals surface area contributed by atoms with E-state index in [0.29, 0.717) is 11.3 Å². The molecule has 0 aliphatic carbocycles. The van der Waals surface area contributed by atoms with Gasteiger partial charge in [0.05, 0.1) is 16.9 Å². The average Bonchev–Trinajstić information content (AvgIpc) is 2.53. The number of aromatic nitrogens is 1. The van der Waals surface area contributed by atoms with Gasteiger partial charge in [-0.15, -0.1) is 0 Å². The zero-order valence-electron chi connectivity index (χ0n) is 13.1. The Morgan fingerprint density at radius 3 is 2.58 bits per heavy atom. The van der Waals surface area contributed by atoms with E-state index in [1.165, 1.54) is 18.2 Å². The lowest BCUT2D eigenvalue weighted by Crippen LogP contribution is -2.16. The fraction of sp³-hybridized carbons (Fsp3) is 0.176. The van der Waals surface area contributed by atoms with E-state index >= 15 is 0 Å². The number of hydrogen-bond donors (Lipinski definition) is 1. The van der Waals surface area contributed by atoms with Crippen LogP contribution >= 0.6 is 0 Å². The van der Waals surface area contributed by atoms with Gasteiger partial charge in [0.15, 0.2) is 0 Å². The van der Waals surface area contributed by atoms with Gasteiger partial charge in [-0.25, -0.2) is 0 Å². The number of carbonyl (C=O) groups excluding carboxylic acids is 1. The number of amides is 1. The van der Waals surface area contributed by atoms with E-state index in [1.807, 2.05) is 0 Å². The molecule has 0 atom stereocenters.